The molecule has 0 saturated carbocycles. The van der Waals surface area contributed by atoms with Crippen LogP contribution in [0.5, 0.6) is 0 Å². The summed E-state index contributed by atoms with van der Waals surface area (Å²) in [5, 5.41) is 0. The number of ketones is 1. The molecule has 0 N–H and O–H groups in total. The summed E-state index contributed by atoms with van der Waals surface area (Å²) in [4.78, 5) is 13.7. The van der Waals surface area contributed by atoms with Crippen LogP contribution >= 0.6 is 0 Å². The Bertz CT molecular complexity index is 377. The summed E-state index contributed by atoms with van der Waals surface area (Å²) < 4.78 is 12.5. The molecule has 0 aliphatic heterocycles. The molecule has 0 heterocycles. The second kappa shape index (κ2) is 3.74. The van der Waals surface area contributed by atoms with E-state index in [0.717, 1.165) is 0 Å². The van der Waals surface area contributed by atoms with Gasteiger partial charge in [0, 0.05) is 6.92 Å². The molecule has 1 aromatic rings. The lowest BCUT2D eigenvalue weighted by molar-refractivity contribution is -0.115. The van der Waals surface area contributed by atoms with Gasteiger partial charge in [-0.15, -0.1) is 0 Å². The van der Waals surface area contributed by atoms with Crippen molar-refractivity contribution in [2.24, 2.45) is 0 Å². The van der Waals surface area contributed by atoms with Crippen LogP contribution in [0.3, 0.4) is 0 Å². The maximum atomic E-state index is 12.5. The first-order valence-electron chi connectivity index (χ1n) is 3.64. The third-order valence-corrected chi connectivity index (χ3v) is 1.55. The van der Waals surface area contributed by atoms with Gasteiger partial charge in [0.05, 0.1) is 5.56 Å². The molecule has 0 spiro atoms. The zero-order chi connectivity index (χ0) is 9.84. The molecule has 0 saturated heterocycles. The van der Waals surface area contributed by atoms with Gasteiger partial charge in [-0.3, -0.25) is 4.79 Å². The molecule has 66 valence electrons. The van der Waals surface area contributed by atoms with Crippen molar-refractivity contribution < 1.29 is 14.0 Å². The molecule has 0 aliphatic carbocycles. The van der Waals surface area contributed by atoms with E-state index in [9.17, 15) is 9.18 Å². The summed E-state index contributed by atoms with van der Waals surface area (Å²) in [6.45, 7) is 1.28. The van der Waals surface area contributed by atoms with Crippen LogP contribution in [-0.2, 0) is 4.79 Å². The summed E-state index contributed by atoms with van der Waals surface area (Å²) in [5.41, 5.74) is 8.82. The predicted octanol–water partition coefficient (Wildman–Crippen LogP) is 1.43. The fourth-order valence-corrected chi connectivity index (χ4v) is 0.939. The highest BCUT2D eigenvalue weighted by Gasteiger charge is 2.17. The van der Waals surface area contributed by atoms with Crippen LogP contribution in [0.15, 0.2) is 24.3 Å². The Morgan fingerprint density at radius 3 is 2.31 bits per heavy atom. The Morgan fingerprint density at radius 2 is 1.92 bits per heavy atom. The van der Waals surface area contributed by atoms with Crippen molar-refractivity contribution in [3.05, 3.63) is 41.2 Å². The molecule has 0 atom stereocenters. The number of hydrogen-bond acceptors (Lipinski definition) is 1. The highest BCUT2D eigenvalue weighted by atomic mass is 19.1. The maximum absolute atomic E-state index is 12.5. The van der Waals surface area contributed by atoms with Gasteiger partial charge in [-0.05, 0) is 24.3 Å². The van der Waals surface area contributed by atoms with Gasteiger partial charge in [-0.25, -0.2) is 4.39 Å². The number of nitrogens with zero attached hydrogens (tertiary/aromatic N) is 2. The Morgan fingerprint density at radius 1 is 1.38 bits per heavy atom. The number of carbonyl (C=O) groups is 1. The second-order valence-electron chi connectivity index (χ2n) is 2.51. The van der Waals surface area contributed by atoms with Crippen LogP contribution in [0.4, 0.5) is 4.39 Å². The zero-order valence-corrected chi connectivity index (χ0v) is 6.99. The summed E-state index contributed by atoms with van der Waals surface area (Å²) in [7, 11) is 0. The number of rotatable bonds is 2. The number of halogens is 1. The third-order valence-electron chi connectivity index (χ3n) is 1.55. The van der Waals surface area contributed by atoms with Crippen LogP contribution in [0, 0.1) is 5.82 Å². The summed E-state index contributed by atoms with van der Waals surface area (Å²) >= 11 is 0. The SMILES string of the molecule is CC(=O)C(=[N+]=[N-])c1ccc(F)cc1. The van der Waals surface area contributed by atoms with E-state index in [1.165, 1.54) is 31.2 Å². The lowest BCUT2D eigenvalue weighted by Crippen LogP contribution is -2.12. The first kappa shape index (κ1) is 9.29. The van der Waals surface area contributed by atoms with Crippen LogP contribution in [0.2, 0.25) is 0 Å². The van der Waals surface area contributed by atoms with Crippen LogP contribution < -0.4 is 0 Å². The van der Waals surface area contributed by atoms with Gasteiger partial charge in [0.15, 0.2) is 0 Å². The van der Waals surface area contributed by atoms with Gasteiger partial charge >= 0.3 is 5.71 Å². The van der Waals surface area contributed by atoms with Crippen molar-refractivity contribution in [3.8, 4) is 0 Å². The minimum atomic E-state index is -0.399. The quantitative estimate of drug-likeness (QED) is 0.384. The van der Waals surface area contributed by atoms with Crippen molar-refractivity contribution in [1.29, 1.82) is 0 Å². The minimum absolute atomic E-state index is 0.0694. The van der Waals surface area contributed by atoms with Crippen molar-refractivity contribution in [1.82, 2.24) is 0 Å². The molecule has 0 unspecified atom stereocenters. The molecule has 0 amide bonds. The van der Waals surface area contributed by atoms with E-state index in [4.69, 9.17) is 5.53 Å². The van der Waals surface area contributed by atoms with Crippen molar-refractivity contribution in [2.45, 2.75) is 6.92 Å². The Balaban J connectivity index is 3.15. The molecule has 0 radical (unpaired) electrons. The Kier molecular flexibility index (Phi) is 2.67. The van der Waals surface area contributed by atoms with Crippen LogP contribution in [-0.4, -0.2) is 16.3 Å². The van der Waals surface area contributed by atoms with Crippen molar-refractivity contribution in [2.75, 3.05) is 0 Å². The van der Waals surface area contributed by atoms with Gasteiger partial charge in [0.2, 0.25) is 5.78 Å². The summed E-state index contributed by atoms with van der Waals surface area (Å²) in [5.74, 6) is -0.765. The number of hydrogen-bond donors (Lipinski definition) is 0. The van der Waals surface area contributed by atoms with Gasteiger partial charge < -0.3 is 5.53 Å². The molecule has 0 aliphatic rings. The molecule has 0 aromatic heterocycles. The second-order valence-corrected chi connectivity index (χ2v) is 2.51. The first-order valence-corrected chi connectivity index (χ1v) is 3.64. The minimum Gasteiger partial charge on any atom is -0.361 e. The molecular formula is C9H7FN2O. The normalized spacial score (nSPS) is 9.08. The van der Waals surface area contributed by atoms with E-state index in [0.29, 0.717) is 5.56 Å². The van der Waals surface area contributed by atoms with E-state index in [1.54, 1.807) is 0 Å². The maximum Gasteiger partial charge on any atom is 0.364 e. The van der Waals surface area contributed by atoms with Crippen molar-refractivity contribution >= 4 is 11.5 Å². The Labute approximate surface area is 74.4 Å². The average Bonchev–Trinajstić information content (AvgIpc) is 2.09. The molecule has 4 heteroatoms. The van der Waals surface area contributed by atoms with Crippen LogP contribution in [0.25, 0.3) is 5.53 Å². The summed E-state index contributed by atoms with van der Waals surface area (Å²) in [6, 6.07) is 5.16. The number of benzene rings is 1. The van der Waals surface area contributed by atoms with Gasteiger partial charge in [-0.2, -0.15) is 4.79 Å². The fraction of sp³-hybridized carbons (Fsp3) is 0.111. The van der Waals surface area contributed by atoms with E-state index < -0.39 is 5.82 Å². The number of Topliss-reactive ketones (excluding diaryl/α,β-unsaturated/α-hetero) is 1. The average molecular weight is 178 g/mol. The first-order chi connectivity index (χ1) is 6.15. The van der Waals surface area contributed by atoms with E-state index >= 15 is 0 Å². The Hall–Kier alpha value is -1.80. The largest absolute Gasteiger partial charge is 0.364 e. The molecule has 0 bridgehead atoms. The molecular weight excluding hydrogens is 171 g/mol. The lowest BCUT2D eigenvalue weighted by atomic mass is 10.1. The van der Waals surface area contributed by atoms with Gasteiger partial charge in [0.1, 0.15) is 5.82 Å². The number of carbonyl (C=O) groups excluding carboxylic acids is 1. The van der Waals surface area contributed by atoms with Gasteiger partial charge in [0.25, 0.3) is 0 Å². The fourth-order valence-electron chi connectivity index (χ4n) is 0.939. The monoisotopic (exact) mass is 178 g/mol. The molecule has 1 aromatic carbocycles. The van der Waals surface area contributed by atoms with Gasteiger partial charge in [-0.1, -0.05) is 0 Å². The van der Waals surface area contributed by atoms with E-state index in [1.807, 2.05) is 0 Å². The van der Waals surface area contributed by atoms with E-state index in [-0.39, 0.29) is 11.5 Å². The highest BCUT2D eigenvalue weighted by Crippen LogP contribution is 2.03. The van der Waals surface area contributed by atoms with Crippen molar-refractivity contribution in [3.63, 3.8) is 0 Å². The summed E-state index contributed by atoms with van der Waals surface area (Å²) in [6.07, 6.45) is 0. The van der Waals surface area contributed by atoms with E-state index in [2.05, 4.69) is 4.79 Å². The molecule has 1 rings (SSSR count). The molecule has 3 nitrogen and oxygen atoms in total. The van der Waals surface area contributed by atoms with Crippen LogP contribution in [0.1, 0.15) is 12.5 Å². The predicted molar refractivity (Wildman–Crippen MR) is 44.8 cm³/mol. The lowest BCUT2D eigenvalue weighted by Gasteiger charge is -1.91. The zero-order valence-electron chi connectivity index (χ0n) is 6.99. The third kappa shape index (κ3) is 2.07. The standard InChI is InChI=1S/C9H7FN2O/c1-6(13)9(12-11)7-2-4-8(10)5-3-7/h2-5H,1H3. The highest BCUT2D eigenvalue weighted by molar-refractivity contribution is 6.43. The molecule has 13 heavy (non-hydrogen) atoms. The molecule has 0 fully saturated rings. The topological polar surface area (TPSA) is 53.5 Å². The smallest absolute Gasteiger partial charge is 0.361 e.